The van der Waals surface area contributed by atoms with Gasteiger partial charge in [-0.15, -0.1) is 13.2 Å². The molecule has 2 aromatic carbocycles. The molecule has 26 heavy (non-hydrogen) atoms. The Kier molecular flexibility index (Phi) is 5.85. The van der Waals surface area contributed by atoms with Crippen molar-refractivity contribution in [1.82, 2.24) is 0 Å². The normalized spacial score (nSPS) is 10.8. The van der Waals surface area contributed by atoms with E-state index in [-0.39, 0.29) is 17.1 Å². The molecule has 0 aliphatic rings. The third kappa shape index (κ3) is 3.94. The van der Waals surface area contributed by atoms with Crippen molar-refractivity contribution in [2.24, 2.45) is 0 Å². The van der Waals surface area contributed by atoms with Gasteiger partial charge in [0, 0.05) is 6.07 Å². The van der Waals surface area contributed by atoms with Crippen LogP contribution in [0.1, 0.15) is 18.4 Å². The van der Waals surface area contributed by atoms with Crippen molar-refractivity contribution in [3.63, 3.8) is 0 Å². The van der Waals surface area contributed by atoms with Gasteiger partial charge in [-0.05, 0) is 24.5 Å². The summed E-state index contributed by atoms with van der Waals surface area (Å²) in [5.41, 5.74) is -0.278. The van der Waals surface area contributed by atoms with Gasteiger partial charge in [-0.25, -0.2) is 0 Å². The minimum Gasteiger partial charge on any atom is -0.369 e. The summed E-state index contributed by atoms with van der Waals surface area (Å²) < 4.78 is 0. The van der Waals surface area contributed by atoms with E-state index in [0.717, 1.165) is 11.6 Å². The Bertz CT molecular complexity index is 824. The van der Waals surface area contributed by atoms with Crippen molar-refractivity contribution in [2.75, 3.05) is 5.32 Å². The lowest BCUT2D eigenvalue weighted by Crippen LogP contribution is -2.34. The number of benzene rings is 2. The zero-order valence-electron chi connectivity index (χ0n) is 14.1. The SMILES string of the molecule is C=CCC(CC=C)(Nc1ccc([N+](=O)[O-])cc1[N+](=O)[O-])c1ccccc1. The predicted molar refractivity (Wildman–Crippen MR) is 101 cm³/mol. The first-order valence-corrected chi connectivity index (χ1v) is 7.92. The van der Waals surface area contributed by atoms with Crippen molar-refractivity contribution in [1.29, 1.82) is 0 Å². The molecule has 2 aromatic rings. The molecule has 134 valence electrons. The summed E-state index contributed by atoms with van der Waals surface area (Å²) in [5.74, 6) is 0. The van der Waals surface area contributed by atoms with Crippen LogP contribution in [0.3, 0.4) is 0 Å². The van der Waals surface area contributed by atoms with Gasteiger partial charge in [0.2, 0.25) is 0 Å². The van der Waals surface area contributed by atoms with Gasteiger partial charge in [-0.1, -0.05) is 42.5 Å². The zero-order chi connectivity index (χ0) is 19.2. The zero-order valence-corrected chi connectivity index (χ0v) is 14.1. The van der Waals surface area contributed by atoms with Gasteiger partial charge in [-0.3, -0.25) is 20.2 Å². The van der Waals surface area contributed by atoms with Gasteiger partial charge in [-0.2, -0.15) is 0 Å². The number of hydrogen-bond acceptors (Lipinski definition) is 5. The third-order valence-corrected chi connectivity index (χ3v) is 4.07. The number of non-ortho nitro benzene ring substituents is 1. The molecule has 0 radical (unpaired) electrons. The minimum atomic E-state index is -0.703. The molecule has 0 saturated carbocycles. The molecule has 0 heterocycles. The molecule has 0 fully saturated rings. The maximum atomic E-state index is 11.4. The molecule has 0 spiro atoms. The Balaban J connectivity index is 2.58. The number of rotatable bonds is 9. The lowest BCUT2D eigenvalue weighted by Gasteiger charge is -2.34. The molecule has 2 rings (SSSR count). The Morgan fingerprint density at radius 2 is 1.58 bits per heavy atom. The molecular formula is C19H19N3O4. The van der Waals surface area contributed by atoms with Crippen molar-refractivity contribution in [2.45, 2.75) is 18.4 Å². The summed E-state index contributed by atoms with van der Waals surface area (Å²) in [4.78, 5) is 21.1. The average Bonchev–Trinajstić information content (AvgIpc) is 2.62. The highest BCUT2D eigenvalue weighted by Gasteiger charge is 2.32. The number of nitro benzene ring substituents is 2. The van der Waals surface area contributed by atoms with Gasteiger partial charge in [0.05, 0.1) is 21.5 Å². The number of anilines is 1. The fourth-order valence-corrected chi connectivity index (χ4v) is 2.89. The maximum Gasteiger partial charge on any atom is 0.299 e. The van der Waals surface area contributed by atoms with E-state index >= 15 is 0 Å². The van der Waals surface area contributed by atoms with Gasteiger partial charge in [0.15, 0.2) is 0 Å². The van der Waals surface area contributed by atoms with Crippen LogP contribution in [-0.2, 0) is 5.54 Å². The highest BCUT2D eigenvalue weighted by atomic mass is 16.6. The summed E-state index contributed by atoms with van der Waals surface area (Å²) in [7, 11) is 0. The van der Waals surface area contributed by atoms with Crippen LogP contribution in [0.2, 0.25) is 0 Å². The summed E-state index contributed by atoms with van der Waals surface area (Å²) in [5, 5.41) is 25.6. The number of nitro groups is 2. The molecule has 1 N–H and O–H groups in total. The van der Waals surface area contributed by atoms with E-state index in [1.54, 1.807) is 12.2 Å². The van der Waals surface area contributed by atoms with Crippen LogP contribution in [0.5, 0.6) is 0 Å². The van der Waals surface area contributed by atoms with E-state index in [2.05, 4.69) is 18.5 Å². The van der Waals surface area contributed by atoms with Crippen molar-refractivity contribution in [3.8, 4) is 0 Å². The van der Waals surface area contributed by atoms with Gasteiger partial charge in [0.1, 0.15) is 5.69 Å². The van der Waals surface area contributed by atoms with E-state index in [9.17, 15) is 20.2 Å². The molecular weight excluding hydrogens is 334 g/mol. The third-order valence-electron chi connectivity index (χ3n) is 4.07. The van der Waals surface area contributed by atoms with Crippen LogP contribution in [0.25, 0.3) is 0 Å². The Labute approximate surface area is 151 Å². The van der Waals surface area contributed by atoms with Crippen LogP contribution in [0.4, 0.5) is 17.1 Å². The van der Waals surface area contributed by atoms with Gasteiger partial charge < -0.3 is 5.32 Å². The van der Waals surface area contributed by atoms with E-state index in [4.69, 9.17) is 0 Å². The minimum absolute atomic E-state index is 0.202. The summed E-state index contributed by atoms with van der Waals surface area (Å²) in [6.45, 7) is 7.58. The molecule has 0 saturated heterocycles. The van der Waals surface area contributed by atoms with Gasteiger partial charge in [0.25, 0.3) is 11.4 Å². The second kappa shape index (κ2) is 8.06. The Morgan fingerprint density at radius 3 is 2.08 bits per heavy atom. The molecule has 7 nitrogen and oxygen atoms in total. The topological polar surface area (TPSA) is 98.3 Å². The fraction of sp³-hybridized carbons (Fsp3) is 0.158. The first-order valence-electron chi connectivity index (χ1n) is 7.92. The van der Waals surface area contributed by atoms with E-state index in [0.29, 0.717) is 12.8 Å². The summed E-state index contributed by atoms with van der Waals surface area (Å²) >= 11 is 0. The number of nitrogens with one attached hydrogen (secondary N) is 1. The molecule has 0 unspecified atom stereocenters. The highest BCUT2D eigenvalue weighted by Crippen LogP contribution is 2.38. The van der Waals surface area contributed by atoms with Crippen molar-refractivity contribution < 1.29 is 9.85 Å². The number of hydrogen-bond donors (Lipinski definition) is 1. The summed E-state index contributed by atoms with van der Waals surface area (Å²) in [6.07, 6.45) is 4.41. The molecule has 0 aromatic heterocycles. The second-order valence-electron chi connectivity index (χ2n) is 5.77. The quantitative estimate of drug-likeness (QED) is 0.390. The monoisotopic (exact) mass is 353 g/mol. The van der Waals surface area contributed by atoms with Crippen LogP contribution < -0.4 is 5.32 Å². The van der Waals surface area contributed by atoms with Crippen LogP contribution in [-0.4, -0.2) is 9.85 Å². The number of nitrogens with zero attached hydrogens (tertiary/aromatic N) is 2. The predicted octanol–water partition coefficient (Wildman–Crippen LogP) is 4.96. The first kappa shape index (κ1) is 18.9. The van der Waals surface area contributed by atoms with Crippen molar-refractivity contribution >= 4 is 17.1 Å². The molecule has 0 amide bonds. The molecule has 0 atom stereocenters. The smallest absolute Gasteiger partial charge is 0.299 e. The molecule has 7 heteroatoms. The molecule has 0 aliphatic heterocycles. The average molecular weight is 353 g/mol. The Hall–Kier alpha value is -3.48. The van der Waals surface area contributed by atoms with E-state index in [1.165, 1.54) is 12.1 Å². The van der Waals surface area contributed by atoms with Crippen LogP contribution in [0.15, 0.2) is 73.8 Å². The summed E-state index contributed by atoms with van der Waals surface area (Å²) in [6, 6.07) is 13.0. The Morgan fingerprint density at radius 1 is 0.962 bits per heavy atom. The fourth-order valence-electron chi connectivity index (χ4n) is 2.89. The lowest BCUT2D eigenvalue weighted by molar-refractivity contribution is -0.393. The maximum absolute atomic E-state index is 11.4. The molecule has 0 aliphatic carbocycles. The highest BCUT2D eigenvalue weighted by molar-refractivity contribution is 5.67. The van der Waals surface area contributed by atoms with Crippen LogP contribution >= 0.6 is 0 Å². The first-order chi connectivity index (χ1) is 12.4. The van der Waals surface area contributed by atoms with E-state index in [1.807, 2.05) is 30.3 Å². The lowest BCUT2D eigenvalue weighted by atomic mass is 9.83. The molecule has 0 bridgehead atoms. The van der Waals surface area contributed by atoms with Crippen LogP contribution in [0, 0.1) is 20.2 Å². The standard InChI is InChI=1S/C19H19N3O4/c1-3-12-19(13-4-2,15-8-6-5-7-9-15)20-17-11-10-16(21(23)24)14-18(17)22(25)26/h3-11,14,20H,1-2,12-13H2. The van der Waals surface area contributed by atoms with Crippen molar-refractivity contribution in [3.05, 3.63) is 99.6 Å². The van der Waals surface area contributed by atoms with Gasteiger partial charge >= 0.3 is 0 Å². The second-order valence-corrected chi connectivity index (χ2v) is 5.77. The van der Waals surface area contributed by atoms with E-state index < -0.39 is 15.4 Å². The largest absolute Gasteiger partial charge is 0.369 e.